The first-order valence-electron chi connectivity index (χ1n) is 10.5. The zero-order valence-corrected chi connectivity index (χ0v) is 19.1. The maximum absolute atomic E-state index is 12.6. The lowest BCUT2D eigenvalue weighted by atomic mass is 9.71. The van der Waals surface area contributed by atoms with Crippen molar-refractivity contribution >= 4 is 11.9 Å². The number of hydrogen-bond donors (Lipinski definition) is 1. The van der Waals surface area contributed by atoms with Crippen molar-refractivity contribution in [3.8, 4) is 11.5 Å². The maximum Gasteiger partial charge on any atom is 0.490 e. The lowest BCUT2D eigenvalue weighted by Gasteiger charge is -2.42. The van der Waals surface area contributed by atoms with E-state index in [1.807, 2.05) is 29.2 Å². The van der Waals surface area contributed by atoms with Crippen LogP contribution in [-0.4, -0.2) is 93.6 Å². The summed E-state index contributed by atoms with van der Waals surface area (Å²) in [5, 5.41) is 7.12. The molecule has 0 aliphatic carbocycles. The van der Waals surface area contributed by atoms with E-state index >= 15 is 0 Å². The van der Waals surface area contributed by atoms with Gasteiger partial charge < -0.3 is 29.1 Å². The van der Waals surface area contributed by atoms with Gasteiger partial charge in [-0.1, -0.05) is 12.1 Å². The Hall–Kier alpha value is -2.53. The number of ether oxygens (including phenoxy) is 3. The molecule has 11 heteroatoms. The number of rotatable bonds is 6. The van der Waals surface area contributed by atoms with E-state index in [4.69, 9.17) is 24.1 Å². The first-order valence-corrected chi connectivity index (χ1v) is 10.5. The molecular weight excluding hydrogens is 445 g/mol. The SMILES string of the molecule is COCC1CN(C)CC12CCN(C(=O)COc1ccccc1OC)CC2.O=C(O)C(F)(F)F. The van der Waals surface area contributed by atoms with E-state index in [0.29, 0.717) is 17.4 Å². The topological polar surface area (TPSA) is 88.5 Å². The van der Waals surface area contributed by atoms with E-state index in [1.165, 1.54) is 0 Å². The number of carbonyl (C=O) groups is 2. The van der Waals surface area contributed by atoms with Crippen LogP contribution in [0.2, 0.25) is 0 Å². The van der Waals surface area contributed by atoms with Gasteiger partial charge in [0.15, 0.2) is 18.1 Å². The quantitative estimate of drug-likeness (QED) is 0.675. The number of piperidine rings is 1. The molecule has 0 radical (unpaired) electrons. The normalized spacial score (nSPS) is 20.2. The third-order valence-electron chi connectivity index (χ3n) is 6.13. The molecule has 2 aliphatic rings. The van der Waals surface area contributed by atoms with Crippen molar-refractivity contribution in [2.24, 2.45) is 11.3 Å². The molecule has 8 nitrogen and oxygen atoms in total. The molecule has 186 valence electrons. The molecule has 3 rings (SSSR count). The number of alkyl halides is 3. The lowest BCUT2D eigenvalue weighted by Crippen LogP contribution is -2.48. The van der Waals surface area contributed by atoms with Crippen molar-refractivity contribution in [1.29, 1.82) is 0 Å². The number of likely N-dealkylation sites (tertiary alicyclic amines) is 2. The molecule has 1 aromatic carbocycles. The van der Waals surface area contributed by atoms with E-state index in [0.717, 1.165) is 45.6 Å². The monoisotopic (exact) mass is 476 g/mol. The van der Waals surface area contributed by atoms with Gasteiger partial charge in [0, 0.05) is 39.2 Å². The Morgan fingerprint density at radius 3 is 2.24 bits per heavy atom. The predicted molar refractivity (Wildman–Crippen MR) is 113 cm³/mol. The predicted octanol–water partition coefficient (Wildman–Crippen LogP) is 2.52. The highest BCUT2D eigenvalue weighted by molar-refractivity contribution is 5.78. The molecule has 1 spiro atoms. The lowest BCUT2D eigenvalue weighted by molar-refractivity contribution is -0.192. The molecule has 1 N–H and O–H groups in total. The molecule has 1 atom stereocenters. The van der Waals surface area contributed by atoms with Gasteiger partial charge in [-0.15, -0.1) is 0 Å². The Kier molecular flexibility index (Phi) is 9.35. The summed E-state index contributed by atoms with van der Waals surface area (Å²) in [7, 11) is 5.55. The van der Waals surface area contributed by atoms with Crippen LogP contribution >= 0.6 is 0 Å². The Balaban J connectivity index is 0.000000479. The van der Waals surface area contributed by atoms with E-state index in [1.54, 1.807) is 14.2 Å². The van der Waals surface area contributed by atoms with Gasteiger partial charge in [-0.25, -0.2) is 4.79 Å². The minimum absolute atomic E-state index is 0.0420. The van der Waals surface area contributed by atoms with E-state index in [-0.39, 0.29) is 17.9 Å². The largest absolute Gasteiger partial charge is 0.493 e. The fraction of sp³-hybridized carbons (Fsp3) is 0.636. The minimum atomic E-state index is -5.08. The summed E-state index contributed by atoms with van der Waals surface area (Å²) in [4.78, 5) is 25.8. The molecule has 33 heavy (non-hydrogen) atoms. The number of carboxylic acids is 1. The Morgan fingerprint density at radius 2 is 1.73 bits per heavy atom. The maximum atomic E-state index is 12.6. The Morgan fingerprint density at radius 1 is 1.15 bits per heavy atom. The summed E-state index contributed by atoms with van der Waals surface area (Å²) in [5.74, 6) is -0.906. The van der Waals surface area contributed by atoms with Gasteiger partial charge in [-0.2, -0.15) is 13.2 Å². The number of para-hydroxylation sites is 2. The summed E-state index contributed by atoms with van der Waals surface area (Å²) >= 11 is 0. The molecule has 1 aromatic rings. The molecule has 2 saturated heterocycles. The molecule has 2 heterocycles. The van der Waals surface area contributed by atoms with Crippen LogP contribution in [0.25, 0.3) is 0 Å². The molecule has 2 fully saturated rings. The van der Waals surface area contributed by atoms with Gasteiger partial charge >= 0.3 is 12.1 Å². The average molecular weight is 476 g/mol. The molecule has 1 unspecified atom stereocenters. The van der Waals surface area contributed by atoms with Crippen LogP contribution in [0.15, 0.2) is 24.3 Å². The van der Waals surface area contributed by atoms with Crippen molar-refractivity contribution in [2.75, 3.05) is 60.7 Å². The number of carbonyl (C=O) groups excluding carboxylic acids is 1. The zero-order valence-electron chi connectivity index (χ0n) is 19.1. The van der Waals surface area contributed by atoms with Crippen LogP contribution in [0.5, 0.6) is 11.5 Å². The Bertz CT molecular complexity index is 797. The number of hydrogen-bond acceptors (Lipinski definition) is 6. The third kappa shape index (κ3) is 7.23. The Labute approximate surface area is 191 Å². The summed E-state index contributed by atoms with van der Waals surface area (Å²) < 4.78 is 48.1. The highest BCUT2D eigenvalue weighted by Gasteiger charge is 2.47. The first kappa shape index (κ1) is 26.7. The number of nitrogens with zero attached hydrogens (tertiary/aromatic N) is 2. The number of amides is 1. The van der Waals surface area contributed by atoms with Gasteiger partial charge in [-0.05, 0) is 37.4 Å². The summed E-state index contributed by atoms with van der Waals surface area (Å²) in [6.45, 7) is 4.62. The highest BCUT2D eigenvalue weighted by Crippen LogP contribution is 2.44. The van der Waals surface area contributed by atoms with Crippen LogP contribution in [-0.2, 0) is 14.3 Å². The summed E-state index contributed by atoms with van der Waals surface area (Å²) in [6, 6.07) is 7.41. The van der Waals surface area contributed by atoms with Crippen LogP contribution in [0.4, 0.5) is 13.2 Å². The summed E-state index contributed by atoms with van der Waals surface area (Å²) in [6.07, 6.45) is -3.02. The third-order valence-corrected chi connectivity index (χ3v) is 6.13. The minimum Gasteiger partial charge on any atom is -0.493 e. The average Bonchev–Trinajstić information content (AvgIpc) is 3.07. The second kappa shape index (κ2) is 11.6. The molecular formula is C22H31F3N2O6. The van der Waals surface area contributed by atoms with Gasteiger partial charge in [0.25, 0.3) is 5.91 Å². The number of carboxylic acid groups (broad SMARTS) is 1. The number of methoxy groups -OCH3 is 2. The van der Waals surface area contributed by atoms with Crippen LogP contribution in [0, 0.1) is 11.3 Å². The molecule has 0 bridgehead atoms. The molecule has 0 saturated carbocycles. The molecule has 2 aliphatic heterocycles. The number of aliphatic carboxylic acids is 1. The van der Waals surface area contributed by atoms with Crippen molar-refractivity contribution in [3.05, 3.63) is 24.3 Å². The fourth-order valence-electron chi connectivity index (χ4n) is 4.47. The van der Waals surface area contributed by atoms with E-state index in [2.05, 4.69) is 11.9 Å². The van der Waals surface area contributed by atoms with Gasteiger partial charge in [-0.3, -0.25) is 4.79 Å². The highest BCUT2D eigenvalue weighted by atomic mass is 19.4. The first-order chi connectivity index (χ1) is 15.5. The zero-order chi connectivity index (χ0) is 24.6. The van der Waals surface area contributed by atoms with Crippen molar-refractivity contribution in [3.63, 3.8) is 0 Å². The smallest absolute Gasteiger partial charge is 0.490 e. The summed E-state index contributed by atoms with van der Waals surface area (Å²) in [5.41, 5.74) is 0.283. The molecule has 1 amide bonds. The van der Waals surface area contributed by atoms with E-state index < -0.39 is 12.1 Å². The molecule has 0 aromatic heterocycles. The van der Waals surface area contributed by atoms with Gasteiger partial charge in [0.1, 0.15) is 0 Å². The van der Waals surface area contributed by atoms with Crippen LogP contribution in [0.1, 0.15) is 12.8 Å². The second-order valence-electron chi connectivity index (χ2n) is 8.33. The standard InChI is InChI=1S/C20H30N2O4.C2HF3O2/c1-21-12-16(13-24-2)20(15-21)8-10-22(11-9-20)19(23)14-26-18-7-5-4-6-17(18)25-3;3-2(4,5)1(6)7/h4-7,16H,8-15H2,1-3H3;(H,6,7). The van der Waals surface area contributed by atoms with Gasteiger partial charge in [0.05, 0.1) is 13.7 Å². The second-order valence-corrected chi connectivity index (χ2v) is 8.33. The van der Waals surface area contributed by atoms with Crippen molar-refractivity contribution in [2.45, 2.75) is 19.0 Å². The van der Waals surface area contributed by atoms with Crippen molar-refractivity contribution < 1.29 is 42.1 Å². The van der Waals surface area contributed by atoms with Gasteiger partial charge in [0.2, 0.25) is 0 Å². The van der Waals surface area contributed by atoms with E-state index in [9.17, 15) is 18.0 Å². The number of halogens is 3. The van der Waals surface area contributed by atoms with Crippen LogP contribution < -0.4 is 9.47 Å². The fourth-order valence-corrected chi connectivity index (χ4v) is 4.47. The van der Waals surface area contributed by atoms with Crippen molar-refractivity contribution in [1.82, 2.24) is 9.80 Å². The number of benzene rings is 1. The van der Waals surface area contributed by atoms with Crippen LogP contribution in [0.3, 0.4) is 0 Å².